The maximum absolute atomic E-state index is 14.3. The molecule has 0 bridgehead atoms. The summed E-state index contributed by atoms with van der Waals surface area (Å²) in [6, 6.07) is 1.27. The number of carbonyl (C=O) groups excluding carboxylic acids is 1. The summed E-state index contributed by atoms with van der Waals surface area (Å²) in [7, 11) is 0. The molecule has 1 unspecified atom stereocenters. The van der Waals surface area contributed by atoms with Crippen molar-refractivity contribution in [2.75, 3.05) is 5.32 Å². The number of rotatable bonds is 9. The highest BCUT2D eigenvalue weighted by atomic mass is 19.1. The number of hydrogen-bond donors (Lipinski definition) is 1. The zero-order chi connectivity index (χ0) is 20.8. The van der Waals surface area contributed by atoms with Gasteiger partial charge in [-0.2, -0.15) is 0 Å². The number of aromatic nitrogens is 4. The molecular weight excluding hydrogens is 369 g/mol. The van der Waals surface area contributed by atoms with Crippen LogP contribution in [0.1, 0.15) is 80.2 Å². The third-order valence-electron chi connectivity index (χ3n) is 5.03. The van der Waals surface area contributed by atoms with Crippen molar-refractivity contribution in [3.63, 3.8) is 0 Å². The van der Waals surface area contributed by atoms with Crippen molar-refractivity contribution in [1.82, 2.24) is 19.4 Å². The number of anilines is 1. The minimum atomic E-state index is -0.490. The molecule has 1 amide bonds. The number of imidazole rings is 1. The quantitative estimate of drug-likeness (QED) is 0.498. The van der Waals surface area contributed by atoms with Crippen molar-refractivity contribution >= 4 is 17.2 Å². The Morgan fingerprint density at radius 1 is 1.17 bits per heavy atom. The maximum atomic E-state index is 14.3. The highest BCUT2D eigenvalue weighted by Gasteiger charge is 2.20. The zero-order valence-corrected chi connectivity index (χ0v) is 17.3. The summed E-state index contributed by atoms with van der Waals surface area (Å²) in [5, 5.41) is 2.75. The van der Waals surface area contributed by atoms with E-state index in [9.17, 15) is 9.18 Å². The van der Waals surface area contributed by atoms with Crippen LogP contribution in [0.15, 0.2) is 30.9 Å². The number of pyridine rings is 1. The Labute approximate surface area is 170 Å². The average molecular weight is 397 g/mol. The summed E-state index contributed by atoms with van der Waals surface area (Å²) in [5.74, 6) is -0.751. The third kappa shape index (κ3) is 5.16. The Morgan fingerprint density at radius 2 is 1.93 bits per heavy atom. The lowest BCUT2D eigenvalue weighted by atomic mass is 9.97. The zero-order valence-electron chi connectivity index (χ0n) is 17.3. The molecule has 6 nitrogen and oxygen atoms in total. The molecule has 0 fully saturated rings. The highest BCUT2D eigenvalue weighted by Crippen LogP contribution is 2.24. The molecule has 3 rings (SSSR count). The summed E-state index contributed by atoms with van der Waals surface area (Å²) in [6.07, 6.45) is 13.4. The second-order valence-electron chi connectivity index (χ2n) is 7.54. The van der Waals surface area contributed by atoms with Gasteiger partial charge in [0.25, 0.3) is 5.91 Å². The number of aryl methyl sites for hydroxylation is 1. The van der Waals surface area contributed by atoms with E-state index < -0.39 is 5.82 Å². The number of fused-ring (bicyclic) bond motifs is 1. The van der Waals surface area contributed by atoms with Gasteiger partial charge in [0.1, 0.15) is 5.69 Å². The molecule has 0 aliphatic heterocycles. The van der Waals surface area contributed by atoms with E-state index in [0.717, 1.165) is 12.8 Å². The molecule has 0 aromatic carbocycles. The molecule has 0 aliphatic rings. The SMILES string of the molecule is CCCCCCCC(C)c1nccnc1C(=O)Nc1cc(F)c2nc(C)cn2c1. The summed E-state index contributed by atoms with van der Waals surface area (Å²) < 4.78 is 15.9. The van der Waals surface area contributed by atoms with Crippen LogP contribution in [0.25, 0.3) is 5.65 Å². The van der Waals surface area contributed by atoms with E-state index in [1.807, 2.05) is 0 Å². The van der Waals surface area contributed by atoms with Gasteiger partial charge in [0.2, 0.25) is 0 Å². The molecule has 3 aromatic rings. The number of nitrogens with one attached hydrogen (secondary N) is 1. The lowest BCUT2D eigenvalue weighted by Gasteiger charge is -2.14. The first kappa shape index (κ1) is 20.9. The molecule has 154 valence electrons. The monoisotopic (exact) mass is 397 g/mol. The fourth-order valence-corrected chi connectivity index (χ4v) is 3.51. The Morgan fingerprint density at radius 3 is 2.72 bits per heavy atom. The van der Waals surface area contributed by atoms with Crippen LogP contribution in [-0.2, 0) is 0 Å². The van der Waals surface area contributed by atoms with Gasteiger partial charge in [0.15, 0.2) is 11.5 Å². The van der Waals surface area contributed by atoms with Gasteiger partial charge >= 0.3 is 0 Å². The van der Waals surface area contributed by atoms with Crippen LogP contribution in [-0.4, -0.2) is 25.3 Å². The minimum Gasteiger partial charge on any atom is -0.319 e. The summed E-state index contributed by atoms with van der Waals surface area (Å²) in [6.45, 7) is 6.06. The topological polar surface area (TPSA) is 72.2 Å². The Kier molecular flexibility index (Phi) is 6.90. The summed E-state index contributed by atoms with van der Waals surface area (Å²) in [5.41, 5.74) is 2.26. The van der Waals surface area contributed by atoms with Crippen molar-refractivity contribution in [3.05, 3.63) is 53.8 Å². The third-order valence-corrected chi connectivity index (χ3v) is 5.03. The van der Waals surface area contributed by atoms with Gasteiger partial charge in [-0.25, -0.2) is 14.4 Å². The van der Waals surface area contributed by atoms with Crippen molar-refractivity contribution in [3.8, 4) is 0 Å². The number of nitrogens with zero attached hydrogens (tertiary/aromatic N) is 4. The van der Waals surface area contributed by atoms with Crippen LogP contribution in [0.2, 0.25) is 0 Å². The standard InChI is InChI=1S/C22H28FN5O/c1-4-5-6-7-8-9-15(2)19-20(25-11-10-24-19)22(29)27-17-12-18(23)21-26-16(3)13-28(21)14-17/h10-15H,4-9H2,1-3H3,(H,27,29). The Bertz CT molecular complexity index is 984. The van der Waals surface area contributed by atoms with E-state index in [2.05, 4.69) is 34.1 Å². The maximum Gasteiger partial charge on any atom is 0.276 e. The lowest BCUT2D eigenvalue weighted by Crippen LogP contribution is -2.18. The molecular formula is C22H28FN5O. The van der Waals surface area contributed by atoms with E-state index >= 15 is 0 Å². The number of amides is 1. The van der Waals surface area contributed by atoms with Crippen molar-refractivity contribution < 1.29 is 9.18 Å². The first-order chi connectivity index (χ1) is 14.0. The number of carbonyl (C=O) groups is 1. The van der Waals surface area contributed by atoms with Gasteiger partial charge in [-0.05, 0) is 13.3 Å². The van der Waals surface area contributed by atoms with E-state index in [1.54, 1.807) is 29.9 Å². The average Bonchev–Trinajstić information content (AvgIpc) is 3.08. The van der Waals surface area contributed by atoms with Crippen molar-refractivity contribution in [2.45, 2.75) is 65.2 Å². The van der Waals surface area contributed by atoms with Crippen LogP contribution in [0, 0.1) is 12.7 Å². The predicted octanol–water partition coefficient (Wildman–Crippen LogP) is 5.29. The van der Waals surface area contributed by atoms with Gasteiger partial charge in [-0.3, -0.25) is 9.78 Å². The van der Waals surface area contributed by atoms with E-state index in [1.165, 1.54) is 37.9 Å². The van der Waals surface area contributed by atoms with Crippen LogP contribution in [0.5, 0.6) is 0 Å². The van der Waals surface area contributed by atoms with Crippen molar-refractivity contribution in [1.29, 1.82) is 0 Å². The van der Waals surface area contributed by atoms with Crippen LogP contribution in [0.4, 0.5) is 10.1 Å². The second-order valence-corrected chi connectivity index (χ2v) is 7.54. The Balaban J connectivity index is 1.73. The fourth-order valence-electron chi connectivity index (χ4n) is 3.51. The molecule has 1 atom stereocenters. The van der Waals surface area contributed by atoms with Crippen LogP contribution in [0.3, 0.4) is 0 Å². The molecule has 0 saturated carbocycles. The van der Waals surface area contributed by atoms with E-state index in [-0.39, 0.29) is 23.2 Å². The molecule has 0 aliphatic carbocycles. The van der Waals surface area contributed by atoms with Gasteiger partial charge in [-0.1, -0.05) is 46.0 Å². The van der Waals surface area contributed by atoms with Gasteiger partial charge in [0.05, 0.1) is 17.1 Å². The second kappa shape index (κ2) is 9.58. The summed E-state index contributed by atoms with van der Waals surface area (Å²) in [4.78, 5) is 25.6. The summed E-state index contributed by atoms with van der Waals surface area (Å²) >= 11 is 0. The molecule has 29 heavy (non-hydrogen) atoms. The van der Waals surface area contributed by atoms with Gasteiger partial charge in [0, 0.05) is 36.8 Å². The smallest absolute Gasteiger partial charge is 0.276 e. The first-order valence-electron chi connectivity index (χ1n) is 10.3. The molecule has 1 N–H and O–H groups in total. The largest absolute Gasteiger partial charge is 0.319 e. The predicted molar refractivity (Wildman–Crippen MR) is 112 cm³/mol. The lowest BCUT2D eigenvalue weighted by molar-refractivity contribution is 0.102. The van der Waals surface area contributed by atoms with Crippen LogP contribution >= 0.6 is 0 Å². The number of unbranched alkanes of at least 4 members (excludes halogenated alkanes) is 4. The minimum absolute atomic E-state index is 0.126. The molecule has 3 heterocycles. The number of hydrogen-bond acceptors (Lipinski definition) is 4. The van der Waals surface area contributed by atoms with Crippen LogP contribution < -0.4 is 5.32 Å². The van der Waals surface area contributed by atoms with Crippen molar-refractivity contribution in [2.24, 2.45) is 0 Å². The molecule has 0 spiro atoms. The molecule has 0 radical (unpaired) electrons. The molecule has 7 heteroatoms. The number of halogens is 1. The Hall–Kier alpha value is -2.83. The van der Waals surface area contributed by atoms with E-state index in [4.69, 9.17) is 0 Å². The normalized spacial score (nSPS) is 12.3. The van der Waals surface area contributed by atoms with Gasteiger partial charge in [-0.15, -0.1) is 0 Å². The van der Waals surface area contributed by atoms with E-state index in [0.29, 0.717) is 17.1 Å². The fraction of sp³-hybridized carbons (Fsp3) is 0.455. The van der Waals surface area contributed by atoms with Gasteiger partial charge < -0.3 is 9.72 Å². The first-order valence-corrected chi connectivity index (χ1v) is 10.3. The highest BCUT2D eigenvalue weighted by molar-refractivity contribution is 6.03. The molecule has 0 saturated heterocycles. The molecule has 3 aromatic heterocycles.